The Hall–Kier alpha value is -3.82. The van der Waals surface area contributed by atoms with Crippen LogP contribution in [0.25, 0.3) is 0 Å². The number of carbonyl (C=O) groups is 2. The summed E-state index contributed by atoms with van der Waals surface area (Å²) in [5, 5.41) is 10.9. The lowest BCUT2D eigenvalue weighted by Gasteiger charge is -2.18. The van der Waals surface area contributed by atoms with Crippen LogP contribution in [0, 0.1) is 10.1 Å². The van der Waals surface area contributed by atoms with E-state index < -0.39 is 29.1 Å². The Balaban J connectivity index is 1.97. The third-order valence-electron chi connectivity index (χ3n) is 4.08. The van der Waals surface area contributed by atoms with Gasteiger partial charge in [-0.05, 0) is 29.8 Å². The maximum atomic E-state index is 12.3. The van der Waals surface area contributed by atoms with Crippen molar-refractivity contribution in [3.63, 3.8) is 0 Å². The summed E-state index contributed by atoms with van der Waals surface area (Å²) in [5.74, 6) is -0.210. The van der Waals surface area contributed by atoms with Gasteiger partial charge >= 0.3 is 5.97 Å². The summed E-state index contributed by atoms with van der Waals surface area (Å²) >= 11 is 0. The first-order valence-corrected chi connectivity index (χ1v) is 8.42. The van der Waals surface area contributed by atoms with Crippen LogP contribution in [0.3, 0.4) is 0 Å². The number of methoxy groups -OCH3 is 2. The van der Waals surface area contributed by atoms with Gasteiger partial charge in [0.05, 0.1) is 24.7 Å². The Bertz CT molecular complexity index is 930. The number of nitro groups is 1. The maximum absolute atomic E-state index is 12.3. The molecule has 0 saturated heterocycles. The Labute approximate surface area is 166 Å². The molecule has 2 N–H and O–H groups in total. The highest BCUT2D eigenvalue weighted by atomic mass is 16.6. The molecular formula is C19H21N3O7. The first-order valence-electron chi connectivity index (χ1n) is 8.42. The molecule has 2 rings (SSSR count). The number of nitrogens with two attached hydrogens (primary N) is 1. The number of rotatable bonds is 8. The summed E-state index contributed by atoms with van der Waals surface area (Å²) in [5.41, 5.74) is 5.74. The number of nitro benzene ring substituents is 1. The van der Waals surface area contributed by atoms with E-state index in [0.29, 0.717) is 11.5 Å². The normalized spacial score (nSPS) is 10.2. The van der Waals surface area contributed by atoms with Crippen LogP contribution in [0.4, 0.5) is 11.4 Å². The second-order valence-electron chi connectivity index (χ2n) is 6.05. The second kappa shape index (κ2) is 9.40. The molecule has 0 heterocycles. The zero-order valence-corrected chi connectivity index (χ0v) is 16.2. The highest BCUT2D eigenvalue weighted by Crippen LogP contribution is 2.28. The number of benzene rings is 2. The average molecular weight is 403 g/mol. The molecule has 0 aromatic heterocycles. The first-order chi connectivity index (χ1) is 13.8. The lowest BCUT2D eigenvalue weighted by Crippen LogP contribution is -2.30. The van der Waals surface area contributed by atoms with Crippen LogP contribution >= 0.6 is 0 Å². The number of amides is 1. The Morgan fingerprint density at radius 2 is 1.79 bits per heavy atom. The SMILES string of the molecule is COc1ccc(CN(C)C(=O)COC(=O)c2ccc(N)c([N+](=O)[O-])c2)cc1OC. The molecule has 0 aliphatic heterocycles. The minimum Gasteiger partial charge on any atom is -0.493 e. The van der Waals surface area contributed by atoms with Gasteiger partial charge in [-0.3, -0.25) is 14.9 Å². The smallest absolute Gasteiger partial charge is 0.338 e. The Morgan fingerprint density at radius 1 is 1.10 bits per heavy atom. The highest BCUT2D eigenvalue weighted by Gasteiger charge is 2.18. The third-order valence-corrected chi connectivity index (χ3v) is 4.08. The molecule has 0 spiro atoms. The van der Waals surface area contributed by atoms with E-state index in [4.69, 9.17) is 19.9 Å². The van der Waals surface area contributed by atoms with Crippen LogP contribution in [0.15, 0.2) is 36.4 Å². The van der Waals surface area contributed by atoms with Crippen molar-refractivity contribution in [1.29, 1.82) is 0 Å². The zero-order valence-electron chi connectivity index (χ0n) is 16.2. The van der Waals surface area contributed by atoms with Gasteiger partial charge in [0.1, 0.15) is 5.69 Å². The molecule has 0 radical (unpaired) electrons. The summed E-state index contributed by atoms with van der Waals surface area (Å²) < 4.78 is 15.4. The summed E-state index contributed by atoms with van der Waals surface area (Å²) in [7, 11) is 4.59. The van der Waals surface area contributed by atoms with Gasteiger partial charge < -0.3 is 24.8 Å². The number of nitrogens with zero attached hydrogens (tertiary/aromatic N) is 2. The number of esters is 1. The van der Waals surface area contributed by atoms with Crippen molar-refractivity contribution < 1.29 is 28.7 Å². The molecular weight excluding hydrogens is 382 g/mol. The summed E-state index contributed by atoms with van der Waals surface area (Å²) in [4.78, 5) is 35.9. The van der Waals surface area contributed by atoms with Crippen molar-refractivity contribution in [2.75, 3.05) is 33.6 Å². The van der Waals surface area contributed by atoms with Crippen molar-refractivity contribution in [1.82, 2.24) is 4.90 Å². The fourth-order valence-electron chi connectivity index (χ4n) is 2.49. The predicted octanol–water partition coefficient (Wildman–Crippen LogP) is 2.01. The molecule has 0 aliphatic rings. The largest absolute Gasteiger partial charge is 0.493 e. The summed E-state index contributed by atoms with van der Waals surface area (Å²) in [6.07, 6.45) is 0. The molecule has 0 aliphatic carbocycles. The van der Waals surface area contributed by atoms with E-state index in [9.17, 15) is 19.7 Å². The quantitative estimate of drug-likeness (QED) is 0.306. The molecule has 0 bridgehead atoms. The number of nitrogen functional groups attached to an aromatic ring is 1. The van der Waals surface area contributed by atoms with Gasteiger partial charge in [0, 0.05) is 19.7 Å². The van der Waals surface area contributed by atoms with Gasteiger partial charge in [-0.2, -0.15) is 0 Å². The molecule has 29 heavy (non-hydrogen) atoms. The highest BCUT2D eigenvalue weighted by molar-refractivity contribution is 5.92. The van der Waals surface area contributed by atoms with E-state index in [1.165, 1.54) is 31.3 Å². The predicted molar refractivity (Wildman–Crippen MR) is 104 cm³/mol. The second-order valence-corrected chi connectivity index (χ2v) is 6.05. The molecule has 10 nitrogen and oxygen atoms in total. The number of carbonyl (C=O) groups excluding carboxylic acids is 2. The molecule has 0 unspecified atom stereocenters. The molecule has 0 atom stereocenters. The van der Waals surface area contributed by atoms with E-state index >= 15 is 0 Å². The monoisotopic (exact) mass is 403 g/mol. The van der Waals surface area contributed by atoms with Crippen molar-refractivity contribution in [2.45, 2.75) is 6.54 Å². The van der Waals surface area contributed by atoms with Gasteiger partial charge in [0.2, 0.25) is 0 Å². The summed E-state index contributed by atoms with van der Waals surface area (Å²) in [6, 6.07) is 8.78. The van der Waals surface area contributed by atoms with E-state index in [1.807, 2.05) is 0 Å². The maximum Gasteiger partial charge on any atom is 0.338 e. The van der Waals surface area contributed by atoms with Gasteiger partial charge in [-0.15, -0.1) is 0 Å². The minimum absolute atomic E-state index is 0.0683. The van der Waals surface area contributed by atoms with E-state index in [1.54, 1.807) is 25.2 Å². The molecule has 2 aromatic rings. The fraction of sp³-hybridized carbons (Fsp3) is 0.263. The lowest BCUT2D eigenvalue weighted by molar-refractivity contribution is -0.383. The number of anilines is 1. The molecule has 2 aromatic carbocycles. The Morgan fingerprint density at radius 3 is 2.41 bits per heavy atom. The summed E-state index contributed by atoms with van der Waals surface area (Å²) in [6.45, 7) is -0.259. The standard InChI is InChI=1S/C19H21N3O7/c1-21(10-12-4-7-16(27-2)17(8-12)28-3)18(23)11-29-19(24)13-5-6-14(20)15(9-13)22(25)26/h4-9H,10-11,20H2,1-3H3. The topological polar surface area (TPSA) is 134 Å². The van der Waals surface area contributed by atoms with Crippen molar-refractivity contribution in [2.24, 2.45) is 0 Å². The van der Waals surface area contributed by atoms with Crippen molar-refractivity contribution in [3.05, 3.63) is 57.6 Å². The third kappa shape index (κ3) is 5.34. The van der Waals surface area contributed by atoms with Gasteiger partial charge in [0.15, 0.2) is 18.1 Å². The van der Waals surface area contributed by atoms with E-state index in [0.717, 1.165) is 11.6 Å². The van der Waals surface area contributed by atoms with E-state index in [2.05, 4.69) is 0 Å². The number of hydrogen-bond donors (Lipinski definition) is 1. The molecule has 10 heteroatoms. The van der Waals surface area contributed by atoms with Crippen LogP contribution in [0.2, 0.25) is 0 Å². The van der Waals surface area contributed by atoms with Crippen LogP contribution in [-0.2, 0) is 16.1 Å². The fourth-order valence-corrected chi connectivity index (χ4v) is 2.49. The van der Waals surface area contributed by atoms with Gasteiger partial charge in [-0.1, -0.05) is 6.07 Å². The van der Waals surface area contributed by atoms with Gasteiger partial charge in [-0.25, -0.2) is 4.79 Å². The van der Waals surface area contributed by atoms with Crippen LogP contribution in [0.1, 0.15) is 15.9 Å². The zero-order chi connectivity index (χ0) is 21.6. The molecule has 0 fully saturated rings. The first kappa shape index (κ1) is 21.5. The Kier molecular flexibility index (Phi) is 6.96. The number of likely N-dealkylation sites (N-methyl/N-ethyl adjacent to an activating group) is 1. The van der Waals surface area contributed by atoms with E-state index in [-0.39, 0.29) is 17.8 Å². The van der Waals surface area contributed by atoms with Crippen LogP contribution < -0.4 is 15.2 Å². The van der Waals surface area contributed by atoms with Gasteiger partial charge in [0.25, 0.3) is 11.6 Å². The van der Waals surface area contributed by atoms with Crippen molar-refractivity contribution in [3.8, 4) is 11.5 Å². The minimum atomic E-state index is -0.860. The number of hydrogen-bond acceptors (Lipinski definition) is 8. The average Bonchev–Trinajstić information content (AvgIpc) is 2.71. The van der Waals surface area contributed by atoms with Crippen LogP contribution in [-0.4, -0.2) is 49.6 Å². The van der Waals surface area contributed by atoms with Crippen molar-refractivity contribution >= 4 is 23.3 Å². The number of ether oxygens (including phenoxy) is 3. The molecule has 1 amide bonds. The van der Waals surface area contributed by atoms with Crippen LogP contribution in [0.5, 0.6) is 11.5 Å². The molecule has 0 saturated carbocycles. The lowest BCUT2D eigenvalue weighted by atomic mass is 10.2. The molecule has 154 valence electrons.